The lowest BCUT2D eigenvalue weighted by molar-refractivity contribution is -0.143. The molecule has 0 saturated carbocycles. The summed E-state index contributed by atoms with van der Waals surface area (Å²) in [7, 11) is 0. The van der Waals surface area contributed by atoms with Crippen LogP contribution in [0.4, 0.5) is 5.82 Å². The van der Waals surface area contributed by atoms with E-state index in [4.69, 9.17) is 28.6 Å². The van der Waals surface area contributed by atoms with Gasteiger partial charge in [0.1, 0.15) is 5.82 Å². The Kier molecular flexibility index (Phi) is 5.68. The van der Waals surface area contributed by atoms with Gasteiger partial charge in [-0.2, -0.15) is 0 Å². The molecule has 0 aliphatic carbocycles. The first kappa shape index (κ1) is 16.6. The van der Waals surface area contributed by atoms with Crippen molar-refractivity contribution in [2.24, 2.45) is 5.92 Å². The van der Waals surface area contributed by atoms with Gasteiger partial charge in [-0.25, -0.2) is 4.98 Å². The number of halogens is 1. The summed E-state index contributed by atoms with van der Waals surface area (Å²) in [4.78, 5) is 27.3. The summed E-state index contributed by atoms with van der Waals surface area (Å²) in [6.45, 7) is 1.84. The van der Waals surface area contributed by atoms with Gasteiger partial charge in [-0.05, 0) is 44.1 Å². The Morgan fingerprint density at radius 2 is 2.32 bits per heavy atom. The van der Waals surface area contributed by atoms with Crippen molar-refractivity contribution in [2.75, 3.05) is 5.32 Å². The van der Waals surface area contributed by atoms with Crippen molar-refractivity contribution >= 4 is 46.6 Å². The number of esters is 1. The zero-order valence-corrected chi connectivity index (χ0v) is 13.5. The minimum Gasteiger partial charge on any atom is -0.462 e. The van der Waals surface area contributed by atoms with Gasteiger partial charge in [0.2, 0.25) is 5.91 Å². The van der Waals surface area contributed by atoms with Gasteiger partial charge >= 0.3 is 5.97 Å². The van der Waals surface area contributed by atoms with Crippen LogP contribution in [0, 0.1) is 5.92 Å². The van der Waals surface area contributed by atoms with Gasteiger partial charge in [0.15, 0.2) is 5.11 Å². The standard InChI is InChI=1S/C14H16ClN3O3S/c1-8-6-9(13(20)21-8)2-5-12(19)18-14(22)17-11-4-3-10(15)7-16-11/h3-4,7-9H,2,5-6H2,1H3,(H2,16,17,18,19,22)/t8-,9+/m0/s1. The highest BCUT2D eigenvalue weighted by molar-refractivity contribution is 7.80. The van der Waals surface area contributed by atoms with Crippen molar-refractivity contribution in [3.05, 3.63) is 23.4 Å². The molecule has 1 aromatic rings. The van der Waals surface area contributed by atoms with Crippen molar-refractivity contribution in [1.82, 2.24) is 10.3 Å². The number of carbonyl (C=O) groups is 2. The van der Waals surface area contributed by atoms with E-state index in [1.807, 2.05) is 6.92 Å². The molecule has 2 atom stereocenters. The molecule has 6 nitrogen and oxygen atoms in total. The molecule has 2 rings (SSSR count). The molecule has 2 N–H and O–H groups in total. The Morgan fingerprint density at radius 3 is 2.91 bits per heavy atom. The predicted molar refractivity (Wildman–Crippen MR) is 86.5 cm³/mol. The van der Waals surface area contributed by atoms with Gasteiger partial charge in [-0.15, -0.1) is 0 Å². The van der Waals surface area contributed by atoms with E-state index >= 15 is 0 Å². The molecular formula is C14H16ClN3O3S. The lowest BCUT2D eigenvalue weighted by atomic mass is 9.99. The van der Waals surface area contributed by atoms with Gasteiger partial charge in [0.25, 0.3) is 0 Å². The molecule has 0 aromatic carbocycles. The molecule has 1 aromatic heterocycles. The molecule has 8 heteroatoms. The molecule has 0 unspecified atom stereocenters. The molecule has 2 heterocycles. The number of aromatic nitrogens is 1. The van der Waals surface area contributed by atoms with Crippen LogP contribution in [-0.2, 0) is 14.3 Å². The van der Waals surface area contributed by atoms with Crippen LogP contribution in [0.5, 0.6) is 0 Å². The van der Waals surface area contributed by atoms with Gasteiger partial charge in [0.05, 0.1) is 17.0 Å². The maximum absolute atomic E-state index is 11.8. The molecule has 22 heavy (non-hydrogen) atoms. The molecule has 0 spiro atoms. The predicted octanol–water partition coefficient (Wildman–Crippen LogP) is 2.28. The minimum atomic E-state index is -0.251. The third-order valence-corrected chi connectivity index (χ3v) is 3.64. The van der Waals surface area contributed by atoms with Crippen LogP contribution in [0.2, 0.25) is 5.02 Å². The molecule has 0 radical (unpaired) electrons. The first-order valence-corrected chi connectivity index (χ1v) is 7.65. The van der Waals surface area contributed by atoms with Crippen LogP contribution in [0.25, 0.3) is 0 Å². The van der Waals surface area contributed by atoms with E-state index in [0.717, 1.165) is 0 Å². The number of pyridine rings is 1. The molecular weight excluding hydrogens is 326 g/mol. The third-order valence-electron chi connectivity index (χ3n) is 3.21. The smallest absolute Gasteiger partial charge is 0.309 e. The number of thiocarbonyl (C=S) groups is 1. The number of hydrogen-bond donors (Lipinski definition) is 2. The fourth-order valence-electron chi connectivity index (χ4n) is 2.17. The van der Waals surface area contributed by atoms with E-state index in [2.05, 4.69) is 15.6 Å². The van der Waals surface area contributed by atoms with Crippen molar-refractivity contribution in [3.63, 3.8) is 0 Å². The van der Waals surface area contributed by atoms with E-state index < -0.39 is 0 Å². The molecule has 118 valence electrons. The summed E-state index contributed by atoms with van der Waals surface area (Å²) >= 11 is 10.8. The monoisotopic (exact) mass is 341 g/mol. The lowest BCUT2D eigenvalue weighted by Crippen LogP contribution is -2.34. The number of anilines is 1. The Bertz CT molecular complexity index is 579. The normalized spacial score (nSPS) is 20.4. The van der Waals surface area contributed by atoms with Crippen LogP contribution in [0.15, 0.2) is 18.3 Å². The number of nitrogens with one attached hydrogen (secondary N) is 2. The molecule has 1 aliphatic rings. The van der Waals surface area contributed by atoms with E-state index in [9.17, 15) is 9.59 Å². The molecule has 1 fully saturated rings. The summed E-state index contributed by atoms with van der Waals surface area (Å²) in [6.07, 6.45) is 2.73. The van der Waals surface area contributed by atoms with Crippen molar-refractivity contribution in [1.29, 1.82) is 0 Å². The average Bonchev–Trinajstić information content (AvgIpc) is 2.77. The van der Waals surface area contributed by atoms with Crippen LogP contribution >= 0.6 is 23.8 Å². The third kappa shape index (κ3) is 4.92. The maximum Gasteiger partial charge on any atom is 0.309 e. The van der Waals surface area contributed by atoms with Crippen molar-refractivity contribution < 1.29 is 14.3 Å². The summed E-state index contributed by atoms with van der Waals surface area (Å²) in [5, 5.41) is 6.00. The Balaban J connectivity index is 1.73. The maximum atomic E-state index is 11.8. The van der Waals surface area contributed by atoms with E-state index in [1.165, 1.54) is 6.20 Å². The number of nitrogens with zero attached hydrogens (tertiary/aromatic N) is 1. The highest BCUT2D eigenvalue weighted by Crippen LogP contribution is 2.24. The second-order valence-corrected chi connectivity index (χ2v) is 5.93. The van der Waals surface area contributed by atoms with Gasteiger partial charge in [-0.1, -0.05) is 11.6 Å². The molecule has 1 amide bonds. The minimum absolute atomic E-state index is 0.0701. The second kappa shape index (κ2) is 7.51. The van der Waals surface area contributed by atoms with Gasteiger partial charge in [0, 0.05) is 12.6 Å². The largest absolute Gasteiger partial charge is 0.462 e. The molecule has 1 aliphatic heterocycles. The van der Waals surface area contributed by atoms with E-state index in [-0.39, 0.29) is 35.4 Å². The Morgan fingerprint density at radius 1 is 1.55 bits per heavy atom. The lowest BCUT2D eigenvalue weighted by Gasteiger charge is -2.09. The zero-order valence-electron chi connectivity index (χ0n) is 12.0. The average molecular weight is 342 g/mol. The number of cyclic esters (lactones) is 1. The van der Waals surface area contributed by atoms with Gasteiger partial charge in [-0.3, -0.25) is 9.59 Å². The van der Waals surface area contributed by atoms with Crippen LogP contribution in [0.3, 0.4) is 0 Å². The summed E-state index contributed by atoms with van der Waals surface area (Å²) < 4.78 is 5.05. The first-order chi connectivity index (χ1) is 10.4. The van der Waals surface area contributed by atoms with Crippen LogP contribution in [0.1, 0.15) is 26.2 Å². The number of ether oxygens (including phenoxy) is 1. The number of hydrogen-bond acceptors (Lipinski definition) is 5. The molecule has 0 bridgehead atoms. The first-order valence-electron chi connectivity index (χ1n) is 6.87. The Labute approximate surface area is 138 Å². The Hall–Kier alpha value is -1.73. The van der Waals surface area contributed by atoms with Crippen LogP contribution < -0.4 is 10.6 Å². The van der Waals surface area contributed by atoms with Gasteiger partial charge < -0.3 is 15.4 Å². The second-order valence-electron chi connectivity index (χ2n) is 5.08. The summed E-state index contributed by atoms with van der Waals surface area (Å²) in [5.41, 5.74) is 0. The quantitative estimate of drug-likeness (QED) is 0.646. The van der Waals surface area contributed by atoms with Crippen molar-refractivity contribution in [2.45, 2.75) is 32.3 Å². The summed E-state index contributed by atoms with van der Waals surface area (Å²) in [5.74, 6) is -0.201. The fraction of sp³-hybridized carbons (Fsp3) is 0.429. The SMILES string of the molecule is C[C@H]1C[C@@H](CCC(=O)NC(=S)Nc2ccc(Cl)cn2)C(=O)O1. The number of carbonyl (C=O) groups excluding carboxylic acids is 2. The fourth-order valence-corrected chi connectivity index (χ4v) is 2.50. The number of amides is 1. The van der Waals surface area contributed by atoms with E-state index in [0.29, 0.717) is 23.7 Å². The molecule has 1 saturated heterocycles. The number of rotatable bonds is 4. The highest BCUT2D eigenvalue weighted by atomic mass is 35.5. The zero-order chi connectivity index (χ0) is 16.1. The van der Waals surface area contributed by atoms with Crippen molar-refractivity contribution in [3.8, 4) is 0 Å². The highest BCUT2D eigenvalue weighted by Gasteiger charge is 2.31. The van der Waals surface area contributed by atoms with E-state index in [1.54, 1.807) is 12.1 Å². The van der Waals surface area contributed by atoms with Crippen LogP contribution in [-0.4, -0.2) is 28.1 Å². The summed E-state index contributed by atoms with van der Waals surface area (Å²) in [6, 6.07) is 3.31. The topological polar surface area (TPSA) is 80.3 Å².